The van der Waals surface area contributed by atoms with Crippen molar-refractivity contribution in [3.63, 3.8) is 0 Å². The van der Waals surface area contributed by atoms with Gasteiger partial charge in [0.25, 0.3) is 0 Å². The van der Waals surface area contributed by atoms with E-state index in [0.29, 0.717) is 13.0 Å². The summed E-state index contributed by atoms with van der Waals surface area (Å²) in [4.78, 5) is 39.9. The maximum atomic E-state index is 13.0. The Morgan fingerprint density at radius 1 is 1.31 bits per heavy atom. The van der Waals surface area contributed by atoms with Gasteiger partial charge in [0.05, 0.1) is 7.11 Å². The number of ether oxygens (including phenoxy) is 1. The number of methoxy groups -OCH3 is 1. The van der Waals surface area contributed by atoms with Gasteiger partial charge in [0.2, 0.25) is 0 Å². The lowest BCUT2D eigenvalue weighted by Gasteiger charge is -2.32. The second-order valence-electron chi connectivity index (χ2n) is 7.83. The summed E-state index contributed by atoms with van der Waals surface area (Å²) in [6.07, 6.45) is 1.92. The highest BCUT2D eigenvalue weighted by atomic mass is 16.5. The first-order valence-electron chi connectivity index (χ1n) is 9.52. The molecule has 1 fully saturated rings. The molecular weight excluding hydrogens is 374 g/mol. The van der Waals surface area contributed by atoms with E-state index in [0.717, 1.165) is 21.4 Å². The SMILES string of the molecule is COC(=O)[C@@H]1CC2(n3[nH]c(=O)n(C)c3=O)c3ccccc3NC2N1CC=C(C)C. The van der Waals surface area contributed by atoms with Crippen LogP contribution in [0.25, 0.3) is 0 Å². The van der Waals surface area contributed by atoms with Crippen molar-refractivity contribution in [3.8, 4) is 0 Å². The number of benzene rings is 1. The lowest BCUT2D eigenvalue weighted by atomic mass is 9.87. The van der Waals surface area contributed by atoms with Gasteiger partial charge in [-0.05, 0) is 19.9 Å². The highest BCUT2D eigenvalue weighted by Gasteiger charge is 2.61. The van der Waals surface area contributed by atoms with Gasteiger partial charge in [0.1, 0.15) is 17.7 Å². The van der Waals surface area contributed by atoms with Crippen LogP contribution in [0.5, 0.6) is 0 Å². The number of likely N-dealkylation sites (tertiary alicyclic amines) is 1. The normalized spacial score (nSPS) is 25.2. The van der Waals surface area contributed by atoms with Crippen LogP contribution in [0.4, 0.5) is 5.69 Å². The number of hydrogen-bond donors (Lipinski definition) is 2. The molecule has 9 heteroatoms. The summed E-state index contributed by atoms with van der Waals surface area (Å²) in [6.45, 7) is 4.49. The van der Waals surface area contributed by atoms with Crippen LogP contribution in [0, 0.1) is 0 Å². The van der Waals surface area contributed by atoms with Crippen LogP contribution < -0.4 is 16.7 Å². The number of nitrogens with one attached hydrogen (secondary N) is 2. The predicted octanol–water partition coefficient (Wildman–Crippen LogP) is 0.584. The minimum Gasteiger partial charge on any atom is -0.468 e. The fraction of sp³-hybridized carbons (Fsp3) is 0.450. The zero-order valence-electron chi connectivity index (χ0n) is 16.9. The van der Waals surface area contributed by atoms with Crippen molar-refractivity contribution in [1.29, 1.82) is 0 Å². The highest BCUT2D eigenvalue weighted by Crippen LogP contribution is 2.51. The zero-order chi connectivity index (χ0) is 20.9. The quantitative estimate of drug-likeness (QED) is 0.576. The van der Waals surface area contributed by atoms with Crippen molar-refractivity contribution >= 4 is 11.7 Å². The maximum absolute atomic E-state index is 13.0. The van der Waals surface area contributed by atoms with Gasteiger partial charge in [0, 0.05) is 31.3 Å². The van der Waals surface area contributed by atoms with Crippen LogP contribution in [0.1, 0.15) is 25.8 Å². The summed E-state index contributed by atoms with van der Waals surface area (Å²) in [5.74, 6) is -0.369. The van der Waals surface area contributed by atoms with Crippen molar-refractivity contribution in [1.82, 2.24) is 19.2 Å². The highest BCUT2D eigenvalue weighted by molar-refractivity contribution is 5.78. The van der Waals surface area contributed by atoms with E-state index in [9.17, 15) is 14.4 Å². The van der Waals surface area contributed by atoms with Crippen LogP contribution in [0.3, 0.4) is 0 Å². The minimum atomic E-state index is -0.942. The fourth-order valence-electron chi connectivity index (χ4n) is 4.51. The van der Waals surface area contributed by atoms with Crippen LogP contribution in [0.2, 0.25) is 0 Å². The van der Waals surface area contributed by atoms with E-state index in [1.54, 1.807) is 0 Å². The van der Waals surface area contributed by atoms with E-state index in [4.69, 9.17) is 4.74 Å². The maximum Gasteiger partial charge on any atom is 0.347 e. The molecule has 2 N–H and O–H groups in total. The van der Waals surface area contributed by atoms with Crippen molar-refractivity contribution in [2.45, 2.75) is 38.0 Å². The van der Waals surface area contributed by atoms with Gasteiger partial charge in [-0.3, -0.25) is 9.69 Å². The Morgan fingerprint density at radius 2 is 2.03 bits per heavy atom. The molecule has 29 heavy (non-hydrogen) atoms. The number of allylic oxidation sites excluding steroid dienone is 1. The third-order valence-corrected chi connectivity index (χ3v) is 5.95. The largest absolute Gasteiger partial charge is 0.468 e. The number of nitrogens with zero attached hydrogens (tertiary/aromatic N) is 3. The number of para-hydroxylation sites is 1. The number of carbonyl (C=O) groups is 1. The van der Waals surface area contributed by atoms with Gasteiger partial charge in [0.15, 0.2) is 0 Å². The molecule has 0 saturated carbocycles. The first-order valence-corrected chi connectivity index (χ1v) is 9.52. The minimum absolute atomic E-state index is 0.296. The number of rotatable bonds is 4. The van der Waals surface area contributed by atoms with Crippen molar-refractivity contribution in [2.75, 3.05) is 19.0 Å². The van der Waals surface area contributed by atoms with Gasteiger partial charge < -0.3 is 10.1 Å². The average molecular weight is 399 g/mol. The number of aromatic nitrogens is 3. The predicted molar refractivity (Wildman–Crippen MR) is 108 cm³/mol. The lowest BCUT2D eigenvalue weighted by Crippen LogP contribution is -2.52. The summed E-state index contributed by atoms with van der Waals surface area (Å²) in [5.41, 5.74) is 0.966. The zero-order valence-corrected chi connectivity index (χ0v) is 16.9. The summed E-state index contributed by atoms with van der Waals surface area (Å²) in [7, 11) is 2.80. The molecule has 9 nitrogen and oxygen atoms in total. The van der Waals surface area contributed by atoms with Crippen molar-refractivity contribution in [3.05, 3.63) is 62.4 Å². The molecule has 0 spiro atoms. The Hall–Kier alpha value is -3.07. The van der Waals surface area contributed by atoms with E-state index < -0.39 is 29.1 Å². The third kappa shape index (κ3) is 2.68. The number of aromatic amines is 1. The molecule has 2 aliphatic heterocycles. The molecule has 0 aliphatic carbocycles. The Kier molecular flexibility index (Phi) is 4.49. The molecule has 3 atom stereocenters. The number of esters is 1. The monoisotopic (exact) mass is 399 g/mol. The molecule has 0 bridgehead atoms. The second kappa shape index (κ2) is 6.77. The molecule has 4 rings (SSSR count). The Balaban J connectivity index is 1.96. The van der Waals surface area contributed by atoms with Gasteiger partial charge in [-0.15, -0.1) is 0 Å². The molecule has 1 aromatic heterocycles. The summed E-state index contributed by atoms with van der Waals surface area (Å²) in [5, 5.41) is 6.17. The van der Waals surface area contributed by atoms with E-state index >= 15 is 0 Å². The molecule has 1 aromatic carbocycles. The van der Waals surface area contributed by atoms with E-state index in [1.807, 2.05) is 49.1 Å². The molecule has 1 saturated heterocycles. The topological polar surface area (TPSA) is 101 Å². The molecule has 0 radical (unpaired) electrons. The molecular formula is C20H25N5O4. The van der Waals surface area contributed by atoms with Crippen LogP contribution in [-0.2, 0) is 22.1 Å². The fourth-order valence-corrected chi connectivity index (χ4v) is 4.51. The number of H-pyrrole nitrogens is 1. The van der Waals surface area contributed by atoms with E-state index in [2.05, 4.69) is 10.4 Å². The smallest absolute Gasteiger partial charge is 0.347 e. The van der Waals surface area contributed by atoms with Gasteiger partial charge in [-0.25, -0.2) is 23.9 Å². The molecule has 2 aliphatic rings. The molecule has 2 aromatic rings. The van der Waals surface area contributed by atoms with Crippen LogP contribution >= 0.6 is 0 Å². The van der Waals surface area contributed by atoms with Crippen molar-refractivity contribution in [2.24, 2.45) is 7.05 Å². The number of carbonyl (C=O) groups excluding carboxylic acids is 1. The lowest BCUT2D eigenvalue weighted by molar-refractivity contribution is -0.146. The molecule has 3 heterocycles. The number of hydrogen-bond acceptors (Lipinski definition) is 6. The van der Waals surface area contributed by atoms with Gasteiger partial charge in [-0.2, -0.15) is 0 Å². The van der Waals surface area contributed by atoms with Gasteiger partial charge >= 0.3 is 17.3 Å². The summed E-state index contributed by atoms with van der Waals surface area (Å²) >= 11 is 0. The van der Waals surface area contributed by atoms with Gasteiger partial charge in [-0.1, -0.05) is 29.8 Å². The van der Waals surface area contributed by atoms with Crippen molar-refractivity contribution < 1.29 is 9.53 Å². The summed E-state index contributed by atoms with van der Waals surface area (Å²) in [6, 6.07) is 7.10. The Morgan fingerprint density at radius 3 is 2.66 bits per heavy atom. The molecule has 2 unspecified atom stereocenters. The summed E-state index contributed by atoms with van der Waals surface area (Å²) < 4.78 is 7.48. The second-order valence-corrected chi connectivity index (χ2v) is 7.83. The first kappa shape index (κ1) is 19.3. The standard InChI is InChI=1S/C20H25N5O4/c1-12(2)9-10-24-15(16(26)29-4)11-20(25-19(28)23(3)18(27)22-25)13-7-5-6-8-14(13)21-17(20)24/h5-9,15,17,21H,10-11H2,1-4H3,(H,22,27)/t15-,17?,20?/m0/s1. The first-order chi connectivity index (χ1) is 13.8. The molecule has 154 valence electrons. The van der Waals surface area contributed by atoms with Crippen LogP contribution in [-0.4, -0.2) is 51.1 Å². The number of fused-ring (bicyclic) bond motifs is 3. The molecule has 0 amide bonds. The van der Waals surface area contributed by atoms with E-state index in [1.165, 1.54) is 18.8 Å². The Bertz CT molecular complexity index is 1110. The van der Waals surface area contributed by atoms with E-state index in [-0.39, 0.29) is 5.97 Å². The van der Waals surface area contributed by atoms with Crippen LogP contribution in [0.15, 0.2) is 45.5 Å². The Labute approximate surface area is 167 Å². The average Bonchev–Trinajstić information content (AvgIpc) is 3.28. The third-order valence-electron chi connectivity index (χ3n) is 5.95. The number of anilines is 1.